The molecule has 24 heavy (non-hydrogen) atoms. The molecular weight excluding hydrogens is 351 g/mol. The fraction of sp³-hybridized carbons (Fsp3) is 0.235. The van der Waals surface area contributed by atoms with Crippen LogP contribution in [0.5, 0.6) is 0 Å². The Labute approximate surface area is 149 Å². The number of carbonyl (C=O) groups is 1. The lowest BCUT2D eigenvalue weighted by Crippen LogP contribution is -2.27. The van der Waals surface area contributed by atoms with Gasteiger partial charge in [0.2, 0.25) is 0 Å². The van der Waals surface area contributed by atoms with Crippen LogP contribution in [0, 0.1) is 10.1 Å². The first-order chi connectivity index (χ1) is 11.6. The van der Waals surface area contributed by atoms with Crippen LogP contribution < -0.4 is 4.90 Å². The molecule has 2 aromatic carbocycles. The Kier molecular flexibility index (Phi) is 6.58. The summed E-state index contributed by atoms with van der Waals surface area (Å²) in [6.45, 7) is 1.34. The maximum Gasteiger partial charge on any atom is 0.269 e. The van der Waals surface area contributed by atoms with Crippen molar-refractivity contribution in [2.45, 2.75) is 0 Å². The van der Waals surface area contributed by atoms with Gasteiger partial charge in [-0.05, 0) is 36.4 Å². The highest BCUT2D eigenvalue weighted by molar-refractivity contribution is 6.18. The van der Waals surface area contributed by atoms with Gasteiger partial charge in [-0.25, -0.2) is 0 Å². The fourth-order valence-electron chi connectivity index (χ4n) is 2.30. The molecule has 0 saturated carbocycles. The van der Waals surface area contributed by atoms with Gasteiger partial charge >= 0.3 is 0 Å². The molecule has 2 aromatic rings. The fourth-order valence-corrected chi connectivity index (χ4v) is 2.71. The molecule has 0 aliphatic carbocycles. The molecule has 0 heterocycles. The first kappa shape index (κ1) is 18.2. The van der Waals surface area contributed by atoms with Gasteiger partial charge in [0.05, 0.1) is 4.92 Å². The zero-order valence-electron chi connectivity index (χ0n) is 12.8. The van der Waals surface area contributed by atoms with Crippen molar-refractivity contribution in [2.24, 2.45) is 0 Å². The number of benzene rings is 2. The third-order valence-electron chi connectivity index (χ3n) is 3.54. The number of nitro groups is 1. The molecule has 0 aromatic heterocycles. The lowest BCUT2D eigenvalue weighted by molar-refractivity contribution is -0.384. The van der Waals surface area contributed by atoms with Crippen molar-refractivity contribution in [2.75, 3.05) is 29.7 Å². The molecule has 5 nitrogen and oxygen atoms in total. The number of non-ortho nitro benzene ring substituents is 1. The summed E-state index contributed by atoms with van der Waals surface area (Å²) in [6.07, 6.45) is 0. The van der Waals surface area contributed by atoms with Crippen molar-refractivity contribution < 1.29 is 9.72 Å². The highest BCUT2D eigenvalue weighted by atomic mass is 35.5. The van der Waals surface area contributed by atoms with Gasteiger partial charge in [0, 0.05) is 53.8 Å². The number of halogens is 2. The molecule has 0 bridgehead atoms. The molecule has 0 atom stereocenters. The summed E-state index contributed by atoms with van der Waals surface area (Å²) >= 11 is 11.6. The summed E-state index contributed by atoms with van der Waals surface area (Å²) in [5.41, 5.74) is 1.83. The summed E-state index contributed by atoms with van der Waals surface area (Å²) in [4.78, 5) is 24.6. The van der Waals surface area contributed by atoms with Crippen molar-refractivity contribution >= 4 is 40.4 Å². The van der Waals surface area contributed by atoms with Gasteiger partial charge in [-0.1, -0.05) is 0 Å². The number of rotatable bonds is 8. The minimum Gasteiger partial charge on any atom is -0.369 e. The monoisotopic (exact) mass is 366 g/mol. The van der Waals surface area contributed by atoms with E-state index < -0.39 is 4.92 Å². The maximum absolute atomic E-state index is 12.4. The largest absolute Gasteiger partial charge is 0.369 e. The zero-order chi connectivity index (χ0) is 17.5. The van der Waals surface area contributed by atoms with Gasteiger partial charge in [-0.2, -0.15) is 0 Å². The number of nitro benzene ring substituents is 1. The van der Waals surface area contributed by atoms with E-state index in [0.29, 0.717) is 36.0 Å². The molecule has 0 radical (unpaired) electrons. The average Bonchev–Trinajstić information content (AvgIpc) is 2.61. The molecule has 0 spiro atoms. The first-order valence-corrected chi connectivity index (χ1v) is 8.40. The van der Waals surface area contributed by atoms with Crippen LogP contribution in [0.3, 0.4) is 0 Å². The average molecular weight is 367 g/mol. The van der Waals surface area contributed by atoms with Crippen molar-refractivity contribution in [1.82, 2.24) is 0 Å². The van der Waals surface area contributed by atoms with Crippen molar-refractivity contribution in [3.63, 3.8) is 0 Å². The van der Waals surface area contributed by atoms with Crippen LogP contribution in [0.1, 0.15) is 15.9 Å². The molecule has 0 aliphatic heterocycles. The van der Waals surface area contributed by atoms with Crippen molar-refractivity contribution in [1.29, 1.82) is 0 Å². The number of anilines is 1. The number of carbonyl (C=O) groups excluding carboxylic acids is 1. The molecule has 0 amide bonds. The first-order valence-electron chi connectivity index (χ1n) is 7.33. The Hall–Kier alpha value is -2.11. The van der Waals surface area contributed by atoms with E-state index in [1.165, 1.54) is 24.3 Å². The van der Waals surface area contributed by atoms with Crippen LogP contribution in [0.15, 0.2) is 48.5 Å². The van der Waals surface area contributed by atoms with E-state index in [-0.39, 0.29) is 11.5 Å². The number of hydrogen-bond acceptors (Lipinski definition) is 4. The highest BCUT2D eigenvalue weighted by Crippen LogP contribution is 2.19. The van der Waals surface area contributed by atoms with Crippen molar-refractivity contribution in [3.05, 3.63) is 69.8 Å². The molecule has 126 valence electrons. The van der Waals surface area contributed by atoms with E-state index in [4.69, 9.17) is 23.2 Å². The SMILES string of the molecule is O=C(c1ccc(N(CCCl)CCCl)cc1)c1ccc([N+](=O)[O-])cc1. The topological polar surface area (TPSA) is 63.5 Å². The Morgan fingerprint density at radius 1 is 0.917 bits per heavy atom. The van der Waals surface area contributed by atoms with Crippen LogP contribution in [0.4, 0.5) is 11.4 Å². The van der Waals surface area contributed by atoms with E-state index in [0.717, 1.165) is 5.69 Å². The van der Waals surface area contributed by atoms with E-state index in [1.807, 2.05) is 17.0 Å². The quantitative estimate of drug-likeness (QED) is 0.305. The summed E-state index contributed by atoms with van der Waals surface area (Å²) in [7, 11) is 0. The number of nitrogens with zero attached hydrogens (tertiary/aromatic N) is 2. The van der Waals surface area contributed by atoms with E-state index in [9.17, 15) is 14.9 Å². The normalized spacial score (nSPS) is 10.4. The maximum atomic E-state index is 12.4. The molecule has 7 heteroatoms. The van der Waals surface area contributed by atoms with Gasteiger partial charge in [-0.3, -0.25) is 14.9 Å². The van der Waals surface area contributed by atoms with Crippen LogP contribution >= 0.6 is 23.2 Å². The number of ketones is 1. The number of alkyl halides is 2. The zero-order valence-corrected chi connectivity index (χ0v) is 14.3. The second kappa shape index (κ2) is 8.66. The standard InChI is InChI=1S/C17H16Cl2N2O3/c18-9-11-20(12-10-19)15-5-1-13(2-6-15)17(22)14-3-7-16(8-4-14)21(23)24/h1-8H,9-12H2. The molecule has 0 saturated heterocycles. The van der Waals surface area contributed by atoms with Crippen LogP contribution in [0.25, 0.3) is 0 Å². The summed E-state index contributed by atoms with van der Waals surface area (Å²) in [5, 5.41) is 10.7. The molecule has 0 fully saturated rings. The van der Waals surface area contributed by atoms with Crippen LogP contribution in [0.2, 0.25) is 0 Å². The van der Waals surface area contributed by atoms with Gasteiger partial charge in [0.25, 0.3) is 5.69 Å². The Morgan fingerprint density at radius 2 is 1.38 bits per heavy atom. The molecule has 0 unspecified atom stereocenters. The second-order valence-electron chi connectivity index (χ2n) is 5.04. The van der Waals surface area contributed by atoms with Gasteiger partial charge < -0.3 is 4.90 Å². The molecule has 0 aliphatic rings. The van der Waals surface area contributed by atoms with Gasteiger partial charge in [-0.15, -0.1) is 23.2 Å². The third-order valence-corrected chi connectivity index (χ3v) is 3.88. The van der Waals surface area contributed by atoms with Crippen molar-refractivity contribution in [3.8, 4) is 0 Å². The minimum atomic E-state index is -0.495. The third kappa shape index (κ3) is 4.46. The highest BCUT2D eigenvalue weighted by Gasteiger charge is 2.12. The predicted octanol–water partition coefficient (Wildman–Crippen LogP) is 4.11. The Morgan fingerprint density at radius 3 is 1.79 bits per heavy atom. The second-order valence-corrected chi connectivity index (χ2v) is 5.80. The van der Waals surface area contributed by atoms with Gasteiger partial charge in [0.15, 0.2) is 5.78 Å². The van der Waals surface area contributed by atoms with E-state index >= 15 is 0 Å². The van der Waals surface area contributed by atoms with E-state index in [1.54, 1.807) is 12.1 Å². The Balaban J connectivity index is 2.17. The summed E-state index contributed by atoms with van der Waals surface area (Å²) < 4.78 is 0. The summed E-state index contributed by atoms with van der Waals surface area (Å²) in [5.74, 6) is 0.790. The lowest BCUT2D eigenvalue weighted by Gasteiger charge is -2.22. The number of hydrogen-bond donors (Lipinski definition) is 0. The molecule has 0 N–H and O–H groups in total. The predicted molar refractivity (Wildman–Crippen MR) is 96.6 cm³/mol. The summed E-state index contributed by atoms with van der Waals surface area (Å²) in [6, 6.07) is 12.7. The van der Waals surface area contributed by atoms with Crippen LogP contribution in [-0.4, -0.2) is 35.6 Å². The van der Waals surface area contributed by atoms with Gasteiger partial charge in [0.1, 0.15) is 0 Å². The lowest BCUT2D eigenvalue weighted by atomic mass is 10.0. The molecular formula is C17H16Cl2N2O3. The molecule has 2 rings (SSSR count). The van der Waals surface area contributed by atoms with E-state index in [2.05, 4.69) is 0 Å². The minimum absolute atomic E-state index is 0.0420. The smallest absolute Gasteiger partial charge is 0.269 e. The van der Waals surface area contributed by atoms with Crippen LogP contribution in [-0.2, 0) is 0 Å². The Bertz CT molecular complexity index is 697.